The highest BCUT2D eigenvalue weighted by molar-refractivity contribution is 5.75. The third-order valence-corrected chi connectivity index (χ3v) is 4.39. The van der Waals surface area contributed by atoms with Crippen molar-refractivity contribution in [2.24, 2.45) is 0 Å². The molecular weight excluding hydrogens is 368 g/mol. The molecule has 2 atom stereocenters. The Hall–Kier alpha value is -2.70. The molecule has 29 heavy (non-hydrogen) atoms. The summed E-state index contributed by atoms with van der Waals surface area (Å²) in [5, 5.41) is 14.9. The van der Waals surface area contributed by atoms with E-state index in [1.54, 1.807) is 0 Å². The molecule has 2 rings (SSSR count). The Labute approximate surface area is 173 Å². The lowest BCUT2D eigenvalue weighted by atomic mass is 10.2. The molecule has 0 fully saturated rings. The van der Waals surface area contributed by atoms with Crippen LogP contribution in [0.25, 0.3) is 0 Å². The van der Waals surface area contributed by atoms with Crippen LogP contribution in [0.5, 0.6) is 0 Å². The van der Waals surface area contributed by atoms with Crippen molar-refractivity contribution in [2.45, 2.75) is 51.9 Å². The molecule has 0 aromatic heterocycles. The predicted octanol–water partition coefficient (Wildman–Crippen LogP) is 3.37. The van der Waals surface area contributed by atoms with Crippen molar-refractivity contribution in [2.75, 3.05) is 7.11 Å². The Morgan fingerprint density at radius 2 is 1.24 bits per heavy atom. The second-order valence-corrected chi connectivity index (χ2v) is 6.52. The van der Waals surface area contributed by atoms with Crippen LogP contribution in [-0.2, 0) is 27.4 Å². The minimum atomic E-state index is -0.788. The van der Waals surface area contributed by atoms with Gasteiger partial charge in [0, 0.05) is 13.1 Å². The van der Waals surface area contributed by atoms with E-state index in [0.29, 0.717) is 19.5 Å². The van der Waals surface area contributed by atoms with Gasteiger partial charge in [-0.05, 0) is 24.0 Å². The van der Waals surface area contributed by atoms with E-state index in [1.165, 1.54) is 12.7 Å². The van der Waals surface area contributed by atoms with Crippen LogP contribution in [-0.4, -0.2) is 36.2 Å². The van der Waals surface area contributed by atoms with Gasteiger partial charge < -0.3 is 20.5 Å². The van der Waals surface area contributed by atoms with Crippen molar-refractivity contribution in [3.05, 3.63) is 71.8 Å². The first-order valence-electron chi connectivity index (χ1n) is 9.87. The van der Waals surface area contributed by atoms with Crippen LogP contribution in [0, 0.1) is 0 Å². The van der Waals surface area contributed by atoms with Crippen LogP contribution in [0.15, 0.2) is 60.7 Å². The summed E-state index contributed by atoms with van der Waals surface area (Å²) < 4.78 is 4.69. The van der Waals surface area contributed by atoms with Gasteiger partial charge in [-0.1, -0.05) is 74.5 Å². The minimum absolute atomic E-state index is 0.201. The number of nitrogens with one attached hydrogen (secondary N) is 2. The van der Waals surface area contributed by atoms with E-state index in [4.69, 9.17) is 9.84 Å². The summed E-state index contributed by atoms with van der Waals surface area (Å²) in [5.41, 5.74) is 2.27. The molecule has 2 aromatic carbocycles. The zero-order valence-electron chi connectivity index (χ0n) is 17.4. The normalized spacial score (nSPS) is 12.2. The first-order valence-corrected chi connectivity index (χ1v) is 9.87. The fourth-order valence-corrected chi connectivity index (χ4v) is 2.62. The van der Waals surface area contributed by atoms with Gasteiger partial charge in [0.25, 0.3) is 0 Å². The number of ether oxygens (including phenoxy) is 1. The predicted molar refractivity (Wildman–Crippen MR) is 114 cm³/mol. The maximum Gasteiger partial charge on any atom is 0.322 e. The van der Waals surface area contributed by atoms with Crippen molar-refractivity contribution in [1.29, 1.82) is 0 Å². The number of carboxylic acid groups (broad SMARTS) is 1. The summed E-state index contributed by atoms with van der Waals surface area (Å²) in [4.78, 5) is 22.0. The fourth-order valence-electron chi connectivity index (χ4n) is 2.62. The molecule has 6 nitrogen and oxygen atoms in total. The number of rotatable bonds is 10. The Morgan fingerprint density at radius 1 is 0.828 bits per heavy atom. The van der Waals surface area contributed by atoms with Crippen molar-refractivity contribution in [3.63, 3.8) is 0 Å². The number of hydrogen-bond donors (Lipinski definition) is 3. The van der Waals surface area contributed by atoms with E-state index in [9.17, 15) is 9.59 Å². The van der Waals surface area contributed by atoms with Gasteiger partial charge in [-0.25, -0.2) is 0 Å². The standard InChI is InChI=1S/C12H17NO2.C11H15NO2/c1-3-11(12(14)15-2)13-9-10-7-5-4-6-8-10;1-2-10(11(13)14)12-8-9-6-4-3-5-7-9/h4-8,11,13H,3,9H2,1-2H3;3-7,10,12H,2,8H2,1H3,(H,13,14)/t11-;10-/m00/s1. The molecule has 0 aliphatic rings. The average molecular weight is 401 g/mol. The van der Waals surface area contributed by atoms with Gasteiger partial charge in [-0.3, -0.25) is 9.59 Å². The zero-order valence-corrected chi connectivity index (χ0v) is 17.4. The molecule has 0 radical (unpaired) electrons. The lowest BCUT2D eigenvalue weighted by Gasteiger charge is -2.14. The third kappa shape index (κ3) is 9.87. The second kappa shape index (κ2) is 14.3. The molecule has 0 heterocycles. The Balaban J connectivity index is 0.000000291. The van der Waals surface area contributed by atoms with Gasteiger partial charge >= 0.3 is 11.9 Å². The summed E-state index contributed by atoms with van der Waals surface area (Å²) >= 11 is 0. The molecule has 158 valence electrons. The lowest BCUT2D eigenvalue weighted by Crippen LogP contribution is -2.36. The van der Waals surface area contributed by atoms with Crippen molar-refractivity contribution >= 4 is 11.9 Å². The number of methoxy groups -OCH3 is 1. The number of carbonyl (C=O) groups is 2. The van der Waals surface area contributed by atoms with Crippen molar-refractivity contribution < 1.29 is 19.4 Å². The number of hydrogen-bond acceptors (Lipinski definition) is 5. The van der Waals surface area contributed by atoms with E-state index in [-0.39, 0.29) is 12.0 Å². The molecule has 0 saturated carbocycles. The van der Waals surface area contributed by atoms with Gasteiger partial charge in [0.15, 0.2) is 0 Å². The minimum Gasteiger partial charge on any atom is -0.480 e. The smallest absolute Gasteiger partial charge is 0.322 e. The maximum atomic E-state index is 11.3. The van der Waals surface area contributed by atoms with E-state index in [0.717, 1.165) is 12.0 Å². The second-order valence-electron chi connectivity index (χ2n) is 6.52. The Kier molecular flexibility index (Phi) is 12.0. The van der Waals surface area contributed by atoms with Gasteiger partial charge in [0.05, 0.1) is 7.11 Å². The molecule has 0 unspecified atom stereocenters. The van der Waals surface area contributed by atoms with Crippen LogP contribution in [0.1, 0.15) is 37.8 Å². The molecule has 6 heteroatoms. The molecule has 0 bridgehead atoms. The first-order chi connectivity index (χ1) is 14.0. The third-order valence-electron chi connectivity index (χ3n) is 4.39. The van der Waals surface area contributed by atoms with Crippen LogP contribution >= 0.6 is 0 Å². The molecular formula is C23H32N2O4. The van der Waals surface area contributed by atoms with E-state index in [1.807, 2.05) is 74.5 Å². The molecule has 0 aliphatic heterocycles. The van der Waals surface area contributed by atoms with Crippen molar-refractivity contribution in [3.8, 4) is 0 Å². The highest BCUT2D eigenvalue weighted by Gasteiger charge is 2.15. The summed E-state index contributed by atoms with van der Waals surface area (Å²) in [6, 6.07) is 19.1. The van der Waals surface area contributed by atoms with E-state index >= 15 is 0 Å². The zero-order chi connectivity index (χ0) is 21.5. The molecule has 0 spiro atoms. The largest absolute Gasteiger partial charge is 0.480 e. The topological polar surface area (TPSA) is 87.7 Å². The quantitative estimate of drug-likeness (QED) is 0.530. The fraction of sp³-hybridized carbons (Fsp3) is 0.391. The van der Waals surface area contributed by atoms with Crippen LogP contribution in [0.4, 0.5) is 0 Å². The van der Waals surface area contributed by atoms with E-state index < -0.39 is 12.0 Å². The van der Waals surface area contributed by atoms with Crippen LogP contribution < -0.4 is 10.6 Å². The number of aliphatic carboxylic acids is 1. The molecule has 0 saturated heterocycles. The molecule has 0 aliphatic carbocycles. The molecule has 0 amide bonds. The summed E-state index contributed by atoms with van der Waals surface area (Å²) in [5.74, 6) is -0.989. The molecule has 3 N–H and O–H groups in total. The SMILES string of the molecule is CC[C@H](NCc1ccccc1)C(=O)O.CC[C@H](NCc1ccccc1)C(=O)OC. The number of carboxylic acids is 1. The number of esters is 1. The van der Waals surface area contributed by atoms with Gasteiger partial charge in [0.2, 0.25) is 0 Å². The van der Waals surface area contributed by atoms with Gasteiger partial charge in [-0.2, -0.15) is 0 Å². The summed E-state index contributed by atoms with van der Waals surface area (Å²) in [6.45, 7) is 5.11. The van der Waals surface area contributed by atoms with Gasteiger partial charge in [0.1, 0.15) is 12.1 Å². The average Bonchev–Trinajstić information content (AvgIpc) is 2.76. The molecule has 2 aromatic rings. The highest BCUT2D eigenvalue weighted by atomic mass is 16.5. The Bertz CT molecular complexity index is 707. The number of benzene rings is 2. The van der Waals surface area contributed by atoms with Gasteiger partial charge in [-0.15, -0.1) is 0 Å². The Morgan fingerprint density at radius 3 is 1.59 bits per heavy atom. The number of carbonyl (C=O) groups excluding carboxylic acids is 1. The highest BCUT2D eigenvalue weighted by Crippen LogP contribution is 2.01. The van der Waals surface area contributed by atoms with Crippen molar-refractivity contribution in [1.82, 2.24) is 10.6 Å². The maximum absolute atomic E-state index is 11.3. The van der Waals surface area contributed by atoms with Crippen LogP contribution in [0.2, 0.25) is 0 Å². The summed E-state index contributed by atoms with van der Waals surface area (Å²) in [7, 11) is 1.41. The first kappa shape index (κ1) is 24.3. The monoisotopic (exact) mass is 400 g/mol. The summed E-state index contributed by atoms with van der Waals surface area (Å²) in [6.07, 6.45) is 1.33. The van der Waals surface area contributed by atoms with Crippen LogP contribution in [0.3, 0.4) is 0 Å². The van der Waals surface area contributed by atoms with E-state index in [2.05, 4.69) is 10.6 Å². The lowest BCUT2D eigenvalue weighted by molar-refractivity contribution is -0.143.